The highest BCUT2D eigenvalue weighted by atomic mass is 16.2. The molecule has 0 unspecified atom stereocenters. The van der Waals surface area contributed by atoms with Gasteiger partial charge in [0.05, 0.1) is 5.39 Å². The molecule has 0 fully saturated rings. The number of pyridine rings is 2. The Morgan fingerprint density at radius 3 is 2.63 bits per heavy atom. The summed E-state index contributed by atoms with van der Waals surface area (Å²) in [6.45, 7) is 4.49. The molecular weight excluding hydrogens is 242 g/mol. The molecule has 0 aromatic carbocycles. The van der Waals surface area contributed by atoms with Gasteiger partial charge in [0.1, 0.15) is 11.2 Å². The Hall–Kier alpha value is -2.17. The van der Waals surface area contributed by atoms with E-state index in [1.165, 1.54) is 4.90 Å². The molecule has 0 saturated carbocycles. The molecule has 19 heavy (non-hydrogen) atoms. The fourth-order valence-corrected chi connectivity index (χ4v) is 1.99. The van der Waals surface area contributed by atoms with Crippen molar-refractivity contribution >= 4 is 16.9 Å². The maximum Gasteiger partial charge on any atom is 0.258 e. The highest BCUT2D eigenvalue weighted by Crippen LogP contribution is 2.11. The van der Waals surface area contributed by atoms with E-state index in [0.29, 0.717) is 17.6 Å². The third kappa shape index (κ3) is 2.23. The van der Waals surface area contributed by atoms with Gasteiger partial charge < -0.3 is 9.47 Å². The maximum absolute atomic E-state index is 12.4. The number of nitrogens with zero attached hydrogens (tertiary/aromatic N) is 3. The van der Waals surface area contributed by atoms with E-state index in [1.54, 1.807) is 32.4 Å². The van der Waals surface area contributed by atoms with Crippen LogP contribution in [0.4, 0.5) is 0 Å². The average Bonchev–Trinajstić information content (AvgIpc) is 2.38. The van der Waals surface area contributed by atoms with Gasteiger partial charge in [-0.2, -0.15) is 0 Å². The molecule has 0 bridgehead atoms. The molecule has 0 aliphatic heterocycles. The van der Waals surface area contributed by atoms with Crippen LogP contribution in [0.25, 0.3) is 11.0 Å². The summed E-state index contributed by atoms with van der Waals surface area (Å²) in [4.78, 5) is 30.2. The number of fused-ring (bicyclic) bond motifs is 1. The molecule has 2 aromatic rings. The highest BCUT2D eigenvalue weighted by Gasteiger charge is 2.17. The fraction of sp³-hybridized carbons (Fsp3) is 0.357. The number of amides is 1. The van der Waals surface area contributed by atoms with Crippen molar-refractivity contribution in [1.29, 1.82) is 0 Å². The minimum absolute atomic E-state index is 0.185. The zero-order valence-corrected chi connectivity index (χ0v) is 11.6. The number of aromatic nitrogens is 2. The van der Waals surface area contributed by atoms with E-state index >= 15 is 0 Å². The van der Waals surface area contributed by atoms with Crippen LogP contribution in [-0.2, 0) is 6.54 Å². The Morgan fingerprint density at radius 2 is 2.05 bits per heavy atom. The first kappa shape index (κ1) is 13.3. The zero-order valence-electron chi connectivity index (χ0n) is 11.6. The average molecular weight is 259 g/mol. The largest absolute Gasteiger partial charge is 0.345 e. The van der Waals surface area contributed by atoms with Crippen molar-refractivity contribution in [2.24, 2.45) is 0 Å². The zero-order chi connectivity index (χ0) is 14.2. The van der Waals surface area contributed by atoms with E-state index in [2.05, 4.69) is 4.98 Å². The standard InChI is InChI=1S/C14H17N3O2/c1-5-17-8-11(14(19)16(3)4)12(18)10-7-6-9(2)15-13(10)17/h6-8H,5H2,1-4H3. The lowest BCUT2D eigenvalue weighted by molar-refractivity contribution is 0.0826. The van der Waals surface area contributed by atoms with Gasteiger partial charge in [-0.25, -0.2) is 4.98 Å². The number of aryl methyl sites for hydroxylation is 2. The number of hydrogen-bond donors (Lipinski definition) is 0. The van der Waals surface area contributed by atoms with Crippen molar-refractivity contribution in [2.45, 2.75) is 20.4 Å². The Balaban J connectivity index is 2.83. The van der Waals surface area contributed by atoms with E-state index in [4.69, 9.17) is 0 Å². The molecule has 100 valence electrons. The van der Waals surface area contributed by atoms with Gasteiger partial charge in [0.2, 0.25) is 5.43 Å². The number of rotatable bonds is 2. The summed E-state index contributed by atoms with van der Waals surface area (Å²) in [7, 11) is 3.27. The first-order chi connectivity index (χ1) is 8.95. The molecule has 0 atom stereocenters. The van der Waals surface area contributed by atoms with Crippen molar-refractivity contribution in [1.82, 2.24) is 14.5 Å². The van der Waals surface area contributed by atoms with Gasteiger partial charge in [-0.3, -0.25) is 9.59 Å². The van der Waals surface area contributed by atoms with Crippen LogP contribution in [0.15, 0.2) is 23.1 Å². The van der Waals surface area contributed by atoms with E-state index in [9.17, 15) is 9.59 Å². The number of carbonyl (C=O) groups is 1. The van der Waals surface area contributed by atoms with E-state index in [-0.39, 0.29) is 16.9 Å². The van der Waals surface area contributed by atoms with Crippen molar-refractivity contribution in [2.75, 3.05) is 14.1 Å². The lowest BCUT2D eigenvalue weighted by atomic mass is 10.1. The van der Waals surface area contributed by atoms with Crippen LogP contribution in [0.5, 0.6) is 0 Å². The fourth-order valence-electron chi connectivity index (χ4n) is 1.99. The molecule has 0 N–H and O–H groups in total. The highest BCUT2D eigenvalue weighted by molar-refractivity contribution is 5.96. The van der Waals surface area contributed by atoms with Gasteiger partial charge >= 0.3 is 0 Å². The first-order valence-electron chi connectivity index (χ1n) is 6.18. The van der Waals surface area contributed by atoms with E-state index < -0.39 is 0 Å². The summed E-state index contributed by atoms with van der Waals surface area (Å²) in [5, 5.41) is 0.486. The molecule has 0 saturated heterocycles. The second-order valence-corrected chi connectivity index (χ2v) is 4.68. The van der Waals surface area contributed by atoms with Crippen LogP contribution in [0.2, 0.25) is 0 Å². The second kappa shape index (κ2) is 4.84. The van der Waals surface area contributed by atoms with Gasteiger partial charge in [-0.05, 0) is 26.0 Å². The Morgan fingerprint density at radius 1 is 1.37 bits per heavy atom. The smallest absolute Gasteiger partial charge is 0.258 e. The van der Waals surface area contributed by atoms with Crippen molar-refractivity contribution < 1.29 is 4.79 Å². The number of hydrogen-bond acceptors (Lipinski definition) is 3. The van der Waals surface area contributed by atoms with Crippen molar-refractivity contribution in [3.05, 3.63) is 39.8 Å². The topological polar surface area (TPSA) is 55.2 Å². The lowest BCUT2D eigenvalue weighted by Crippen LogP contribution is -2.29. The summed E-state index contributed by atoms with van der Waals surface area (Å²) in [6.07, 6.45) is 1.60. The maximum atomic E-state index is 12.4. The monoisotopic (exact) mass is 259 g/mol. The first-order valence-corrected chi connectivity index (χ1v) is 6.18. The SMILES string of the molecule is CCn1cc(C(=O)N(C)C)c(=O)c2ccc(C)nc21. The van der Waals surface area contributed by atoms with Crippen LogP contribution in [0, 0.1) is 6.92 Å². The molecule has 5 heteroatoms. The summed E-state index contributed by atoms with van der Waals surface area (Å²) >= 11 is 0. The minimum atomic E-state index is -0.283. The second-order valence-electron chi connectivity index (χ2n) is 4.68. The third-order valence-corrected chi connectivity index (χ3v) is 3.04. The molecule has 2 rings (SSSR count). The minimum Gasteiger partial charge on any atom is -0.345 e. The van der Waals surface area contributed by atoms with Crippen LogP contribution in [-0.4, -0.2) is 34.5 Å². The molecule has 0 aliphatic rings. The summed E-state index contributed by atoms with van der Waals surface area (Å²) in [6, 6.07) is 3.52. The summed E-state index contributed by atoms with van der Waals surface area (Å²) in [5.74, 6) is -0.283. The van der Waals surface area contributed by atoms with Crippen molar-refractivity contribution in [3.63, 3.8) is 0 Å². The molecule has 2 aromatic heterocycles. The number of carbonyl (C=O) groups excluding carboxylic acids is 1. The summed E-state index contributed by atoms with van der Waals surface area (Å²) in [5.41, 5.74) is 1.40. The third-order valence-electron chi connectivity index (χ3n) is 3.04. The predicted octanol–water partition coefficient (Wildman–Crippen LogP) is 1.43. The van der Waals surface area contributed by atoms with Gasteiger partial charge in [-0.1, -0.05) is 0 Å². The van der Waals surface area contributed by atoms with Gasteiger partial charge in [-0.15, -0.1) is 0 Å². The molecule has 0 spiro atoms. The lowest BCUT2D eigenvalue weighted by Gasteiger charge is -2.14. The van der Waals surface area contributed by atoms with Crippen LogP contribution < -0.4 is 5.43 Å². The quantitative estimate of drug-likeness (QED) is 0.819. The van der Waals surface area contributed by atoms with Gasteiger partial charge in [0, 0.05) is 32.5 Å². The molecule has 2 heterocycles. The van der Waals surface area contributed by atoms with Crippen LogP contribution in [0.1, 0.15) is 23.0 Å². The van der Waals surface area contributed by atoms with Crippen LogP contribution in [0.3, 0.4) is 0 Å². The summed E-state index contributed by atoms with van der Waals surface area (Å²) < 4.78 is 1.83. The molecular formula is C14H17N3O2. The van der Waals surface area contributed by atoms with Crippen molar-refractivity contribution in [3.8, 4) is 0 Å². The van der Waals surface area contributed by atoms with Gasteiger partial charge in [0.25, 0.3) is 5.91 Å². The molecule has 0 radical (unpaired) electrons. The molecule has 5 nitrogen and oxygen atoms in total. The predicted molar refractivity (Wildman–Crippen MR) is 74.4 cm³/mol. The van der Waals surface area contributed by atoms with Gasteiger partial charge in [0.15, 0.2) is 0 Å². The van der Waals surface area contributed by atoms with E-state index in [0.717, 1.165) is 5.69 Å². The van der Waals surface area contributed by atoms with E-state index in [1.807, 2.05) is 18.4 Å². The molecule has 1 amide bonds. The Labute approximate surface area is 111 Å². The Kier molecular flexibility index (Phi) is 3.38. The normalized spacial score (nSPS) is 10.7. The van der Waals surface area contributed by atoms with Crippen LogP contribution >= 0.6 is 0 Å². The molecule has 0 aliphatic carbocycles. The Bertz CT molecular complexity index is 702.